The molecule has 0 aliphatic rings. The van der Waals surface area contributed by atoms with Gasteiger partial charge < -0.3 is 14.2 Å². The average Bonchev–Trinajstić information content (AvgIpc) is 3.41. The number of ether oxygens (including phenoxy) is 3. The largest absolute Gasteiger partial charge is 0.462 e. The third-order valence-corrected chi connectivity index (χ3v) is 13.9. The summed E-state index contributed by atoms with van der Waals surface area (Å²) in [4.78, 5) is 38.3. The first-order valence-electron chi connectivity index (χ1n) is 32.1. The van der Waals surface area contributed by atoms with E-state index in [1.165, 1.54) is 161 Å². The summed E-state index contributed by atoms with van der Waals surface area (Å²) in [6, 6.07) is 0. The van der Waals surface area contributed by atoms with Gasteiger partial charge in [0.2, 0.25) is 0 Å². The van der Waals surface area contributed by atoms with Crippen molar-refractivity contribution in [2.45, 2.75) is 322 Å². The summed E-state index contributed by atoms with van der Waals surface area (Å²) in [6.07, 6.45) is 83.0. The molecular formula is C69H120O6. The fourth-order valence-electron chi connectivity index (χ4n) is 9.03. The van der Waals surface area contributed by atoms with Gasteiger partial charge in [-0.3, -0.25) is 14.4 Å². The first-order valence-corrected chi connectivity index (χ1v) is 32.1. The Morgan fingerprint density at radius 3 is 0.867 bits per heavy atom. The van der Waals surface area contributed by atoms with Crippen molar-refractivity contribution < 1.29 is 28.6 Å². The van der Waals surface area contributed by atoms with Crippen molar-refractivity contribution in [1.82, 2.24) is 0 Å². The summed E-state index contributed by atoms with van der Waals surface area (Å²) in [5.41, 5.74) is 0. The van der Waals surface area contributed by atoms with E-state index in [2.05, 4.69) is 106 Å². The minimum absolute atomic E-state index is 0.0827. The van der Waals surface area contributed by atoms with E-state index in [4.69, 9.17) is 14.2 Å². The van der Waals surface area contributed by atoms with E-state index in [1.807, 2.05) is 0 Å². The maximum Gasteiger partial charge on any atom is 0.306 e. The lowest BCUT2D eigenvalue weighted by molar-refractivity contribution is -0.167. The Morgan fingerprint density at radius 1 is 0.280 bits per heavy atom. The molecular weight excluding hydrogens is 925 g/mol. The molecule has 0 aliphatic carbocycles. The summed E-state index contributed by atoms with van der Waals surface area (Å²) in [5.74, 6) is -0.894. The molecule has 0 saturated carbocycles. The lowest BCUT2D eigenvalue weighted by Crippen LogP contribution is -2.30. The summed E-state index contributed by atoms with van der Waals surface area (Å²) in [7, 11) is 0. The van der Waals surface area contributed by atoms with Crippen LogP contribution in [0.2, 0.25) is 0 Å². The highest BCUT2D eigenvalue weighted by Crippen LogP contribution is 2.16. The molecule has 6 heteroatoms. The first kappa shape index (κ1) is 71.6. The van der Waals surface area contributed by atoms with Crippen molar-refractivity contribution >= 4 is 17.9 Å². The second-order valence-electron chi connectivity index (χ2n) is 21.3. The van der Waals surface area contributed by atoms with Crippen molar-refractivity contribution in [2.75, 3.05) is 13.2 Å². The Bertz CT molecular complexity index is 1430. The quantitative estimate of drug-likeness (QED) is 0.0261. The van der Waals surface area contributed by atoms with E-state index >= 15 is 0 Å². The Morgan fingerprint density at radius 2 is 0.533 bits per heavy atom. The molecule has 1 unspecified atom stereocenters. The van der Waals surface area contributed by atoms with Crippen LogP contribution in [0.4, 0.5) is 0 Å². The maximum absolute atomic E-state index is 12.9. The van der Waals surface area contributed by atoms with Crippen LogP contribution in [-0.4, -0.2) is 37.2 Å². The van der Waals surface area contributed by atoms with E-state index in [1.54, 1.807) is 0 Å². The number of carbonyl (C=O) groups is 3. The normalized spacial score (nSPS) is 12.6. The molecule has 0 N–H and O–H groups in total. The van der Waals surface area contributed by atoms with Gasteiger partial charge in [-0.1, -0.05) is 273 Å². The van der Waals surface area contributed by atoms with Crippen LogP contribution in [0.25, 0.3) is 0 Å². The van der Waals surface area contributed by atoms with Gasteiger partial charge in [0.1, 0.15) is 13.2 Å². The van der Waals surface area contributed by atoms with Gasteiger partial charge in [-0.15, -0.1) is 0 Å². The Labute approximate surface area is 465 Å². The molecule has 0 saturated heterocycles. The Kier molecular flexibility index (Phi) is 60.3. The fourth-order valence-corrected chi connectivity index (χ4v) is 9.03. The van der Waals surface area contributed by atoms with E-state index in [0.29, 0.717) is 19.3 Å². The molecule has 432 valence electrons. The maximum atomic E-state index is 12.9. The van der Waals surface area contributed by atoms with E-state index < -0.39 is 6.10 Å². The molecule has 0 rings (SSSR count). The molecule has 1 atom stereocenters. The number of esters is 3. The predicted octanol–water partition coefficient (Wildman–Crippen LogP) is 21.9. The average molecular weight is 1050 g/mol. The summed E-state index contributed by atoms with van der Waals surface area (Å²) >= 11 is 0. The molecule has 0 radical (unpaired) electrons. The molecule has 0 aromatic rings. The molecule has 0 aliphatic heterocycles. The van der Waals surface area contributed by atoms with Gasteiger partial charge in [0, 0.05) is 19.3 Å². The molecule has 6 nitrogen and oxygen atoms in total. The van der Waals surface area contributed by atoms with E-state index in [9.17, 15) is 14.4 Å². The summed E-state index contributed by atoms with van der Waals surface area (Å²) < 4.78 is 16.9. The SMILES string of the molecule is CC/C=C\C/C=C\C/C=C\C/C=C\CCCCCCCCCCCCCCCCC(=O)OCC(COC(=O)CCCCCCC/C=C\C/C=C\CCCC)OC(=O)CCCCCCC/C=C\CCCCCCCCC. The van der Waals surface area contributed by atoms with Crippen LogP contribution in [0.1, 0.15) is 316 Å². The Hall–Kier alpha value is -3.41. The number of allylic oxidation sites excluding steroid dienone is 14. The molecule has 0 heterocycles. The van der Waals surface area contributed by atoms with E-state index in [0.717, 1.165) is 116 Å². The van der Waals surface area contributed by atoms with Crippen molar-refractivity contribution in [2.24, 2.45) is 0 Å². The highest BCUT2D eigenvalue weighted by atomic mass is 16.6. The van der Waals surface area contributed by atoms with Gasteiger partial charge in [-0.2, -0.15) is 0 Å². The monoisotopic (exact) mass is 1040 g/mol. The minimum Gasteiger partial charge on any atom is -0.462 e. The summed E-state index contributed by atoms with van der Waals surface area (Å²) in [5, 5.41) is 0. The third kappa shape index (κ3) is 61.3. The lowest BCUT2D eigenvalue weighted by Gasteiger charge is -2.18. The molecule has 75 heavy (non-hydrogen) atoms. The topological polar surface area (TPSA) is 78.9 Å². The van der Waals surface area contributed by atoms with Crippen molar-refractivity contribution in [3.63, 3.8) is 0 Å². The zero-order valence-electron chi connectivity index (χ0n) is 49.6. The number of hydrogen-bond acceptors (Lipinski definition) is 6. The second-order valence-corrected chi connectivity index (χ2v) is 21.3. The second kappa shape index (κ2) is 63.1. The standard InChI is InChI=1S/C69H120O6/c1-4-7-10-13-16-19-22-25-28-30-31-32-33-34-35-36-37-38-39-40-42-44-47-50-53-56-59-62-68(71)74-65-66(64-73-67(70)61-58-55-52-49-46-43-27-24-21-18-15-12-9-6-3)75-69(72)63-60-57-54-51-48-45-41-29-26-23-20-17-14-11-8-5-2/h7,10,15-16,18-19,24-25,27-29,31-32,41,66H,4-6,8-9,11-14,17,20-23,26,30,33-40,42-65H2,1-3H3/b10-7-,18-15-,19-16-,27-24-,28-25-,32-31-,41-29-. The number of rotatable bonds is 58. The van der Waals surface area contributed by atoms with Crippen LogP contribution >= 0.6 is 0 Å². The van der Waals surface area contributed by atoms with Crippen LogP contribution in [0, 0.1) is 0 Å². The van der Waals surface area contributed by atoms with Crippen molar-refractivity contribution in [3.05, 3.63) is 85.1 Å². The fraction of sp³-hybridized carbons (Fsp3) is 0.754. The number of hydrogen-bond donors (Lipinski definition) is 0. The smallest absolute Gasteiger partial charge is 0.306 e. The van der Waals surface area contributed by atoms with E-state index in [-0.39, 0.29) is 31.1 Å². The van der Waals surface area contributed by atoms with Gasteiger partial charge >= 0.3 is 17.9 Å². The van der Waals surface area contributed by atoms with Crippen LogP contribution in [0.15, 0.2) is 85.1 Å². The van der Waals surface area contributed by atoms with Gasteiger partial charge in [-0.25, -0.2) is 0 Å². The first-order chi connectivity index (χ1) is 37.0. The predicted molar refractivity (Wildman–Crippen MR) is 325 cm³/mol. The molecule has 0 amide bonds. The van der Waals surface area contributed by atoms with Crippen LogP contribution < -0.4 is 0 Å². The number of carbonyl (C=O) groups excluding carboxylic acids is 3. The van der Waals surface area contributed by atoms with Crippen LogP contribution in [0.5, 0.6) is 0 Å². The summed E-state index contributed by atoms with van der Waals surface area (Å²) in [6.45, 7) is 6.50. The molecule has 0 bridgehead atoms. The van der Waals surface area contributed by atoms with Crippen molar-refractivity contribution in [1.29, 1.82) is 0 Å². The number of unbranched alkanes of at least 4 members (excludes halogenated alkanes) is 33. The van der Waals surface area contributed by atoms with Gasteiger partial charge in [0.15, 0.2) is 6.10 Å². The molecule has 0 fully saturated rings. The van der Waals surface area contributed by atoms with Crippen molar-refractivity contribution in [3.8, 4) is 0 Å². The lowest BCUT2D eigenvalue weighted by atomic mass is 10.0. The van der Waals surface area contributed by atoms with Crippen LogP contribution in [-0.2, 0) is 28.6 Å². The minimum atomic E-state index is -0.787. The highest BCUT2D eigenvalue weighted by molar-refractivity contribution is 5.71. The Balaban J connectivity index is 4.28. The molecule has 0 aromatic heterocycles. The molecule has 0 aromatic carbocycles. The van der Waals surface area contributed by atoms with Crippen LogP contribution in [0.3, 0.4) is 0 Å². The van der Waals surface area contributed by atoms with Gasteiger partial charge in [-0.05, 0) is 109 Å². The third-order valence-electron chi connectivity index (χ3n) is 13.9. The zero-order valence-corrected chi connectivity index (χ0v) is 49.6. The van der Waals surface area contributed by atoms with Gasteiger partial charge in [0.25, 0.3) is 0 Å². The van der Waals surface area contributed by atoms with Gasteiger partial charge in [0.05, 0.1) is 0 Å². The zero-order chi connectivity index (χ0) is 54.3. The highest BCUT2D eigenvalue weighted by Gasteiger charge is 2.19. The molecule has 0 spiro atoms.